The second-order valence-corrected chi connectivity index (χ2v) is 7.15. The number of aryl methyl sites for hydroxylation is 1. The number of carbonyl (C=O) groups is 1. The maximum absolute atomic E-state index is 13.1. The van der Waals surface area contributed by atoms with Gasteiger partial charge in [0, 0.05) is 31.0 Å². The molecule has 0 aliphatic heterocycles. The molecule has 3 aromatic rings. The van der Waals surface area contributed by atoms with E-state index >= 15 is 0 Å². The quantitative estimate of drug-likeness (QED) is 0.718. The number of hydrogen-bond acceptors (Lipinski definition) is 5. The molecule has 8 heteroatoms. The first-order valence-corrected chi connectivity index (χ1v) is 9.62. The second-order valence-electron chi connectivity index (χ2n) is 7.15. The molecule has 7 nitrogen and oxygen atoms in total. The van der Waals surface area contributed by atoms with Crippen molar-refractivity contribution in [2.75, 3.05) is 0 Å². The van der Waals surface area contributed by atoms with E-state index in [0.29, 0.717) is 17.3 Å². The zero-order valence-corrected chi connectivity index (χ0v) is 16.1. The molecule has 0 unspecified atom stereocenters. The van der Waals surface area contributed by atoms with E-state index in [4.69, 9.17) is 4.74 Å². The molecule has 1 amide bonds. The van der Waals surface area contributed by atoms with E-state index in [1.165, 1.54) is 12.1 Å². The van der Waals surface area contributed by atoms with E-state index in [1.54, 1.807) is 48.5 Å². The largest absolute Gasteiger partial charge is 0.473 e. The molecule has 1 saturated carbocycles. The first-order chi connectivity index (χ1) is 14.1. The Bertz CT molecular complexity index is 966. The molecule has 1 aliphatic carbocycles. The number of benzene rings is 1. The van der Waals surface area contributed by atoms with Gasteiger partial charge in [-0.15, -0.1) is 0 Å². The summed E-state index contributed by atoms with van der Waals surface area (Å²) in [7, 11) is 1.73. The van der Waals surface area contributed by atoms with Crippen LogP contribution in [0.2, 0.25) is 0 Å². The lowest BCUT2D eigenvalue weighted by Crippen LogP contribution is -2.40. The number of halogens is 1. The third-order valence-corrected chi connectivity index (χ3v) is 5.09. The predicted octanol–water partition coefficient (Wildman–Crippen LogP) is 3.14. The smallest absolute Gasteiger partial charge is 0.269 e. The van der Waals surface area contributed by atoms with Crippen molar-refractivity contribution in [3.8, 4) is 17.1 Å². The first kappa shape index (κ1) is 19.0. The van der Waals surface area contributed by atoms with Gasteiger partial charge in [0.2, 0.25) is 5.88 Å². The summed E-state index contributed by atoms with van der Waals surface area (Å²) in [6.45, 7) is 0. The van der Waals surface area contributed by atoms with Crippen molar-refractivity contribution in [2.24, 2.45) is 7.05 Å². The van der Waals surface area contributed by atoms with Crippen LogP contribution in [0.5, 0.6) is 5.88 Å². The van der Waals surface area contributed by atoms with Crippen LogP contribution < -0.4 is 10.1 Å². The minimum atomic E-state index is -0.304. The van der Waals surface area contributed by atoms with Gasteiger partial charge >= 0.3 is 0 Å². The SMILES string of the molecule is Cn1nc(-c2ccc(F)cc2)cc1C(=O)NC1CCC(Oc2cnccn2)CC1. The van der Waals surface area contributed by atoms with Crippen LogP contribution in [-0.4, -0.2) is 37.8 Å². The fourth-order valence-corrected chi connectivity index (χ4v) is 3.54. The molecule has 4 rings (SSSR count). The van der Waals surface area contributed by atoms with Crippen molar-refractivity contribution in [2.45, 2.75) is 37.8 Å². The summed E-state index contributed by atoms with van der Waals surface area (Å²) < 4.78 is 20.5. The third kappa shape index (κ3) is 4.59. The normalized spacial score (nSPS) is 19.0. The maximum Gasteiger partial charge on any atom is 0.269 e. The van der Waals surface area contributed by atoms with Gasteiger partial charge < -0.3 is 10.1 Å². The van der Waals surface area contributed by atoms with Crippen molar-refractivity contribution in [3.05, 3.63) is 60.4 Å². The number of hydrogen-bond donors (Lipinski definition) is 1. The summed E-state index contributed by atoms with van der Waals surface area (Å²) in [4.78, 5) is 20.9. The van der Waals surface area contributed by atoms with E-state index in [0.717, 1.165) is 31.2 Å². The van der Waals surface area contributed by atoms with E-state index < -0.39 is 0 Å². The highest BCUT2D eigenvalue weighted by Crippen LogP contribution is 2.23. The zero-order valence-electron chi connectivity index (χ0n) is 16.1. The van der Waals surface area contributed by atoms with Gasteiger partial charge in [0.1, 0.15) is 17.6 Å². The summed E-state index contributed by atoms with van der Waals surface area (Å²) in [5.74, 6) is 0.0661. The van der Waals surface area contributed by atoms with Crippen LogP contribution in [0.25, 0.3) is 11.3 Å². The second kappa shape index (κ2) is 8.38. The zero-order chi connectivity index (χ0) is 20.2. The molecule has 1 aromatic carbocycles. The fourth-order valence-electron chi connectivity index (χ4n) is 3.54. The third-order valence-electron chi connectivity index (χ3n) is 5.09. The highest BCUT2D eigenvalue weighted by Gasteiger charge is 2.25. The van der Waals surface area contributed by atoms with Crippen LogP contribution in [0, 0.1) is 5.82 Å². The number of ether oxygens (including phenoxy) is 1. The molecule has 0 spiro atoms. The molecular weight excluding hydrogens is 373 g/mol. The summed E-state index contributed by atoms with van der Waals surface area (Å²) in [6.07, 6.45) is 8.26. The molecular formula is C21H22FN5O2. The highest BCUT2D eigenvalue weighted by atomic mass is 19.1. The molecule has 150 valence electrons. The Kier molecular flexibility index (Phi) is 5.50. The average molecular weight is 395 g/mol. The van der Waals surface area contributed by atoms with E-state index in [-0.39, 0.29) is 23.9 Å². The van der Waals surface area contributed by atoms with Crippen molar-refractivity contribution in [1.29, 1.82) is 0 Å². The Labute approximate surface area is 167 Å². The van der Waals surface area contributed by atoms with Gasteiger partial charge in [0.25, 0.3) is 5.91 Å². The van der Waals surface area contributed by atoms with Gasteiger partial charge in [-0.05, 0) is 56.0 Å². The highest BCUT2D eigenvalue weighted by molar-refractivity contribution is 5.93. The molecule has 1 fully saturated rings. The Hall–Kier alpha value is -3.29. The van der Waals surface area contributed by atoms with Gasteiger partial charge in [0.05, 0.1) is 11.9 Å². The summed E-state index contributed by atoms with van der Waals surface area (Å²) in [6, 6.07) is 7.88. The predicted molar refractivity (Wildman–Crippen MR) is 105 cm³/mol. The maximum atomic E-state index is 13.1. The van der Waals surface area contributed by atoms with Crippen LogP contribution in [0.1, 0.15) is 36.2 Å². The lowest BCUT2D eigenvalue weighted by Gasteiger charge is -2.29. The first-order valence-electron chi connectivity index (χ1n) is 9.62. The minimum Gasteiger partial charge on any atom is -0.473 e. The fraction of sp³-hybridized carbons (Fsp3) is 0.333. The molecule has 0 saturated heterocycles. The van der Waals surface area contributed by atoms with Gasteiger partial charge in [-0.1, -0.05) is 0 Å². The van der Waals surface area contributed by atoms with Crippen LogP contribution in [-0.2, 0) is 7.05 Å². The molecule has 1 N–H and O–H groups in total. The van der Waals surface area contributed by atoms with E-state index in [2.05, 4.69) is 20.4 Å². The van der Waals surface area contributed by atoms with Crippen molar-refractivity contribution in [1.82, 2.24) is 25.1 Å². The van der Waals surface area contributed by atoms with Crippen LogP contribution in [0.3, 0.4) is 0 Å². The number of rotatable bonds is 5. The number of nitrogens with one attached hydrogen (secondary N) is 1. The van der Waals surface area contributed by atoms with Crippen LogP contribution in [0.4, 0.5) is 4.39 Å². The standard InChI is InChI=1S/C21H22FN5O2/c1-27-19(12-18(26-27)14-2-4-15(22)5-3-14)21(28)25-16-6-8-17(9-7-16)29-20-13-23-10-11-24-20/h2-5,10-13,16-17H,6-9H2,1H3,(H,25,28). The van der Waals surface area contributed by atoms with Crippen LogP contribution in [0.15, 0.2) is 48.9 Å². The van der Waals surface area contributed by atoms with Crippen molar-refractivity contribution in [3.63, 3.8) is 0 Å². The van der Waals surface area contributed by atoms with Gasteiger partial charge in [-0.3, -0.25) is 14.5 Å². The topological polar surface area (TPSA) is 81.9 Å². The number of aromatic nitrogens is 4. The Balaban J connectivity index is 1.34. The Morgan fingerprint density at radius 3 is 2.62 bits per heavy atom. The average Bonchev–Trinajstić information content (AvgIpc) is 3.12. The molecule has 0 radical (unpaired) electrons. The summed E-state index contributed by atoms with van der Waals surface area (Å²) >= 11 is 0. The van der Waals surface area contributed by atoms with Crippen molar-refractivity contribution >= 4 is 5.91 Å². The van der Waals surface area contributed by atoms with Crippen molar-refractivity contribution < 1.29 is 13.9 Å². The number of amides is 1. The van der Waals surface area contributed by atoms with Gasteiger partial charge in [-0.25, -0.2) is 9.37 Å². The van der Waals surface area contributed by atoms with E-state index in [9.17, 15) is 9.18 Å². The van der Waals surface area contributed by atoms with E-state index in [1.807, 2.05) is 0 Å². The molecule has 0 bridgehead atoms. The molecule has 2 aromatic heterocycles. The minimum absolute atomic E-state index is 0.0848. The molecule has 1 aliphatic rings. The van der Waals surface area contributed by atoms with Gasteiger partial charge in [0.15, 0.2) is 0 Å². The number of carbonyl (C=O) groups excluding carboxylic acids is 1. The molecule has 0 atom stereocenters. The summed E-state index contributed by atoms with van der Waals surface area (Å²) in [5.41, 5.74) is 1.88. The lowest BCUT2D eigenvalue weighted by atomic mass is 9.93. The summed E-state index contributed by atoms with van der Waals surface area (Å²) in [5, 5.41) is 7.48. The van der Waals surface area contributed by atoms with Gasteiger partial charge in [-0.2, -0.15) is 5.10 Å². The Morgan fingerprint density at radius 1 is 1.17 bits per heavy atom. The monoisotopic (exact) mass is 395 g/mol. The lowest BCUT2D eigenvalue weighted by molar-refractivity contribution is 0.0880. The number of nitrogens with zero attached hydrogens (tertiary/aromatic N) is 4. The molecule has 2 heterocycles. The Morgan fingerprint density at radius 2 is 1.93 bits per heavy atom. The van der Waals surface area contributed by atoms with Crippen LogP contribution >= 0.6 is 0 Å². The molecule has 29 heavy (non-hydrogen) atoms.